The van der Waals surface area contributed by atoms with Crippen LogP contribution in [0.25, 0.3) is 0 Å². The molecule has 0 aromatic heterocycles. The van der Waals surface area contributed by atoms with Crippen molar-refractivity contribution in [1.82, 2.24) is 15.1 Å². The van der Waals surface area contributed by atoms with Crippen molar-refractivity contribution in [3.05, 3.63) is 34.9 Å². The summed E-state index contributed by atoms with van der Waals surface area (Å²) in [6.45, 7) is 5.69. The maximum absolute atomic E-state index is 12.6. The normalized spacial score (nSPS) is 14.7. The highest BCUT2D eigenvalue weighted by molar-refractivity contribution is 6.30. The van der Waals surface area contributed by atoms with Gasteiger partial charge in [-0.15, -0.1) is 0 Å². The zero-order valence-corrected chi connectivity index (χ0v) is 13.6. The van der Waals surface area contributed by atoms with Gasteiger partial charge in [-0.25, -0.2) is 0 Å². The van der Waals surface area contributed by atoms with Gasteiger partial charge >= 0.3 is 0 Å². The lowest BCUT2D eigenvalue weighted by Crippen LogP contribution is -2.50. The lowest BCUT2D eigenvalue weighted by Gasteiger charge is -2.30. The summed E-state index contributed by atoms with van der Waals surface area (Å²) in [7, 11) is 0. The van der Waals surface area contributed by atoms with E-state index in [1.807, 2.05) is 11.8 Å². The van der Waals surface area contributed by atoms with Crippen LogP contribution in [0.1, 0.15) is 23.7 Å². The van der Waals surface area contributed by atoms with Gasteiger partial charge in [-0.05, 0) is 24.6 Å². The van der Waals surface area contributed by atoms with Gasteiger partial charge in [0.1, 0.15) is 6.54 Å². The number of hydrogen-bond acceptors (Lipinski definition) is 3. The lowest BCUT2D eigenvalue weighted by molar-refractivity contribution is -0.132. The predicted molar refractivity (Wildman–Crippen MR) is 87.1 cm³/mol. The molecule has 2 rings (SSSR count). The summed E-state index contributed by atoms with van der Waals surface area (Å²) >= 11 is 5.95. The molecule has 0 atom stereocenters. The van der Waals surface area contributed by atoms with E-state index in [1.54, 1.807) is 29.2 Å². The number of carbonyl (C=O) groups is 2. The van der Waals surface area contributed by atoms with Crippen LogP contribution < -0.4 is 5.32 Å². The van der Waals surface area contributed by atoms with Gasteiger partial charge in [-0.1, -0.05) is 24.6 Å². The van der Waals surface area contributed by atoms with E-state index < -0.39 is 0 Å². The molecule has 1 aliphatic rings. The van der Waals surface area contributed by atoms with Crippen LogP contribution in [0.2, 0.25) is 5.02 Å². The third kappa shape index (κ3) is 4.45. The second kappa shape index (κ2) is 8.15. The first-order valence-electron chi connectivity index (χ1n) is 7.65. The maximum Gasteiger partial charge on any atom is 0.254 e. The van der Waals surface area contributed by atoms with Gasteiger partial charge in [-0.2, -0.15) is 0 Å². The number of halogens is 1. The number of benzene rings is 1. The van der Waals surface area contributed by atoms with Crippen LogP contribution in [-0.4, -0.2) is 60.9 Å². The first kappa shape index (κ1) is 16.8. The number of nitrogens with zero attached hydrogens (tertiary/aromatic N) is 2. The third-order valence-corrected chi connectivity index (χ3v) is 3.88. The minimum absolute atomic E-state index is 0.00493. The molecule has 0 saturated carbocycles. The molecule has 0 spiro atoms. The summed E-state index contributed by atoms with van der Waals surface area (Å²) in [6.07, 6.45) is 0.807. The van der Waals surface area contributed by atoms with Gasteiger partial charge in [0.05, 0.1) is 0 Å². The van der Waals surface area contributed by atoms with Crippen LogP contribution in [0.5, 0.6) is 0 Å². The Labute approximate surface area is 136 Å². The van der Waals surface area contributed by atoms with Gasteiger partial charge in [-0.3, -0.25) is 9.59 Å². The van der Waals surface area contributed by atoms with Crippen molar-refractivity contribution in [2.45, 2.75) is 13.3 Å². The molecule has 5 nitrogen and oxygen atoms in total. The molecule has 120 valence electrons. The summed E-state index contributed by atoms with van der Waals surface area (Å²) in [5, 5.41) is 3.74. The molecule has 6 heteroatoms. The van der Waals surface area contributed by atoms with E-state index in [9.17, 15) is 9.59 Å². The number of amides is 2. The van der Waals surface area contributed by atoms with Crippen LogP contribution in [0.15, 0.2) is 24.3 Å². The highest BCUT2D eigenvalue weighted by atomic mass is 35.5. The molecule has 0 aliphatic carbocycles. The van der Waals surface area contributed by atoms with Crippen LogP contribution in [0.3, 0.4) is 0 Å². The number of hydrogen-bond donors (Lipinski definition) is 1. The smallest absolute Gasteiger partial charge is 0.254 e. The predicted octanol–water partition coefficient (Wildman–Crippen LogP) is 1.62. The first-order valence-corrected chi connectivity index (χ1v) is 8.03. The summed E-state index contributed by atoms with van der Waals surface area (Å²) in [5.41, 5.74) is 0.522. The summed E-state index contributed by atoms with van der Waals surface area (Å²) < 4.78 is 0. The van der Waals surface area contributed by atoms with E-state index in [0.717, 1.165) is 19.5 Å². The largest absolute Gasteiger partial charge is 0.339 e. The number of nitrogens with one attached hydrogen (secondary N) is 1. The molecular weight excluding hydrogens is 302 g/mol. The molecule has 2 amide bonds. The van der Waals surface area contributed by atoms with Crippen LogP contribution in [0, 0.1) is 0 Å². The molecule has 0 radical (unpaired) electrons. The summed E-state index contributed by atoms with van der Waals surface area (Å²) in [4.78, 5) is 28.4. The topological polar surface area (TPSA) is 52.7 Å². The molecule has 22 heavy (non-hydrogen) atoms. The highest BCUT2D eigenvalue weighted by Gasteiger charge is 2.22. The Morgan fingerprint density at radius 2 is 2.05 bits per heavy atom. The molecule has 1 aliphatic heterocycles. The van der Waals surface area contributed by atoms with E-state index in [4.69, 9.17) is 11.6 Å². The fourth-order valence-electron chi connectivity index (χ4n) is 2.50. The van der Waals surface area contributed by atoms with Crippen molar-refractivity contribution < 1.29 is 9.59 Å². The van der Waals surface area contributed by atoms with Crippen LogP contribution >= 0.6 is 11.6 Å². The molecule has 1 heterocycles. The van der Waals surface area contributed by atoms with Gasteiger partial charge < -0.3 is 15.1 Å². The van der Waals surface area contributed by atoms with E-state index in [1.165, 1.54) is 0 Å². The minimum Gasteiger partial charge on any atom is -0.339 e. The Morgan fingerprint density at radius 3 is 2.68 bits per heavy atom. The standard InChI is InChI=1S/C16H22ClN3O2/c1-2-8-20(12-15(21)19-9-6-18-7-10-19)16(22)13-4-3-5-14(17)11-13/h3-5,11,18H,2,6-10,12H2,1H3. The van der Waals surface area contributed by atoms with Gasteiger partial charge in [0.25, 0.3) is 5.91 Å². The molecule has 1 aromatic carbocycles. The Morgan fingerprint density at radius 1 is 1.32 bits per heavy atom. The fourth-order valence-corrected chi connectivity index (χ4v) is 2.69. The van der Waals surface area contributed by atoms with Crippen molar-refractivity contribution in [2.24, 2.45) is 0 Å². The van der Waals surface area contributed by atoms with E-state index in [0.29, 0.717) is 30.2 Å². The second-order valence-corrected chi connectivity index (χ2v) is 5.80. The molecule has 1 N–H and O–H groups in total. The van der Waals surface area contributed by atoms with Gasteiger partial charge in [0.2, 0.25) is 5.91 Å². The van der Waals surface area contributed by atoms with Crippen LogP contribution in [-0.2, 0) is 4.79 Å². The Kier molecular flexibility index (Phi) is 6.21. The lowest BCUT2D eigenvalue weighted by atomic mass is 10.2. The average molecular weight is 324 g/mol. The molecule has 1 fully saturated rings. The van der Waals surface area contributed by atoms with Crippen molar-refractivity contribution in [3.63, 3.8) is 0 Å². The zero-order valence-electron chi connectivity index (χ0n) is 12.8. The number of piperazine rings is 1. The average Bonchev–Trinajstić information content (AvgIpc) is 2.54. The van der Waals surface area contributed by atoms with Crippen molar-refractivity contribution in [2.75, 3.05) is 39.3 Å². The molecule has 1 saturated heterocycles. The van der Waals surface area contributed by atoms with E-state index >= 15 is 0 Å². The summed E-state index contributed by atoms with van der Waals surface area (Å²) in [6, 6.07) is 6.85. The molecule has 0 bridgehead atoms. The Balaban J connectivity index is 2.05. The minimum atomic E-state index is -0.146. The molecule has 0 unspecified atom stereocenters. The number of carbonyl (C=O) groups excluding carboxylic acids is 2. The Hall–Kier alpha value is -1.59. The zero-order chi connectivity index (χ0) is 15.9. The quantitative estimate of drug-likeness (QED) is 0.896. The monoisotopic (exact) mass is 323 g/mol. The summed E-state index contributed by atoms with van der Waals surface area (Å²) in [5.74, 6) is -0.141. The maximum atomic E-state index is 12.6. The first-order chi connectivity index (χ1) is 10.6. The second-order valence-electron chi connectivity index (χ2n) is 5.37. The van der Waals surface area contributed by atoms with Crippen molar-refractivity contribution in [3.8, 4) is 0 Å². The van der Waals surface area contributed by atoms with E-state index in [-0.39, 0.29) is 18.4 Å². The highest BCUT2D eigenvalue weighted by Crippen LogP contribution is 2.13. The molecular formula is C16H22ClN3O2. The van der Waals surface area contributed by atoms with E-state index in [2.05, 4.69) is 5.32 Å². The van der Waals surface area contributed by atoms with Crippen LogP contribution in [0.4, 0.5) is 0 Å². The SMILES string of the molecule is CCCN(CC(=O)N1CCNCC1)C(=O)c1cccc(Cl)c1. The Bertz CT molecular complexity index is 530. The third-order valence-electron chi connectivity index (χ3n) is 3.65. The van der Waals surface area contributed by atoms with Gasteiger partial charge in [0, 0.05) is 43.3 Å². The van der Waals surface area contributed by atoms with Crippen molar-refractivity contribution >= 4 is 23.4 Å². The number of rotatable bonds is 5. The molecule has 1 aromatic rings. The van der Waals surface area contributed by atoms with Crippen molar-refractivity contribution in [1.29, 1.82) is 0 Å². The fraction of sp³-hybridized carbons (Fsp3) is 0.500. The van der Waals surface area contributed by atoms with Gasteiger partial charge in [0.15, 0.2) is 0 Å².